The molecule has 5 rings (SSSR count). The van der Waals surface area contributed by atoms with Gasteiger partial charge in [-0.25, -0.2) is 22.8 Å². The number of aryl methyl sites for hydroxylation is 1. The summed E-state index contributed by atoms with van der Waals surface area (Å²) >= 11 is 0. The summed E-state index contributed by atoms with van der Waals surface area (Å²) < 4.78 is 44.9. The molecule has 0 saturated carbocycles. The molecule has 0 aliphatic carbocycles. The van der Waals surface area contributed by atoms with Gasteiger partial charge in [0, 0.05) is 23.3 Å². The first-order chi connectivity index (χ1) is 17.4. The highest BCUT2D eigenvalue weighted by Gasteiger charge is 2.18. The summed E-state index contributed by atoms with van der Waals surface area (Å²) in [6, 6.07) is 19.2. The first-order valence-electron chi connectivity index (χ1n) is 11.2. The molecule has 3 aromatic carbocycles. The molecule has 0 unspecified atom stereocenters. The lowest BCUT2D eigenvalue weighted by molar-refractivity contribution is 0.387. The number of benzene rings is 3. The van der Waals surface area contributed by atoms with Gasteiger partial charge in [-0.2, -0.15) is 0 Å². The van der Waals surface area contributed by atoms with Gasteiger partial charge in [0.2, 0.25) is 0 Å². The summed E-state index contributed by atoms with van der Waals surface area (Å²) in [6.45, 7) is 1.99. The summed E-state index contributed by atoms with van der Waals surface area (Å²) in [5.41, 5.74) is 4.87. The Labute approximate surface area is 208 Å². The van der Waals surface area contributed by atoms with Crippen LogP contribution in [0.15, 0.2) is 90.3 Å². The second-order valence-electron chi connectivity index (χ2n) is 8.38. The largest absolute Gasteiger partial charge is 0.494 e. The minimum atomic E-state index is -3.58. The van der Waals surface area contributed by atoms with Gasteiger partial charge < -0.3 is 4.74 Å². The first-order valence-corrected chi connectivity index (χ1v) is 12.8. The molecule has 0 amide bonds. The molecular weight excluding hydrogens is 477 g/mol. The van der Waals surface area contributed by atoms with E-state index in [0.29, 0.717) is 5.69 Å². The van der Waals surface area contributed by atoms with Gasteiger partial charge >= 0.3 is 0 Å². The number of halogens is 1. The molecule has 0 atom stereocenters. The molecule has 0 N–H and O–H groups in total. The molecule has 0 aliphatic heterocycles. The smallest absolute Gasteiger partial charge is 0.184 e. The normalized spacial score (nSPS) is 11.5. The van der Waals surface area contributed by atoms with Crippen molar-refractivity contribution in [2.24, 2.45) is 0 Å². The van der Waals surface area contributed by atoms with Gasteiger partial charge in [-0.3, -0.25) is 4.98 Å². The molecule has 0 fully saturated rings. The van der Waals surface area contributed by atoms with Crippen LogP contribution in [0.3, 0.4) is 0 Å². The molecule has 180 valence electrons. The minimum absolute atomic E-state index is 0.190. The van der Waals surface area contributed by atoms with Crippen molar-refractivity contribution in [3.63, 3.8) is 0 Å². The Kier molecular flexibility index (Phi) is 6.20. The van der Waals surface area contributed by atoms with Crippen LogP contribution in [-0.2, 0) is 15.6 Å². The molecule has 8 heteroatoms. The van der Waals surface area contributed by atoms with E-state index >= 15 is 0 Å². The fourth-order valence-corrected chi connectivity index (χ4v) is 5.50. The fourth-order valence-electron chi connectivity index (χ4n) is 4.19. The van der Waals surface area contributed by atoms with E-state index in [2.05, 4.69) is 15.0 Å². The zero-order valence-electron chi connectivity index (χ0n) is 19.6. The third-order valence-corrected chi connectivity index (χ3v) is 7.69. The van der Waals surface area contributed by atoms with Crippen molar-refractivity contribution in [1.29, 1.82) is 0 Å². The zero-order valence-corrected chi connectivity index (χ0v) is 20.5. The Hall–Kier alpha value is -4.17. The molecular formula is C28H22FN3O3S. The number of pyridine rings is 1. The van der Waals surface area contributed by atoms with Crippen LogP contribution in [0.25, 0.3) is 33.2 Å². The minimum Gasteiger partial charge on any atom is -0.494 e. The van der Waals surface area contributed by atoms with E-state index in [9.17, 15) is 12.8 Å². The molecule has 5 aromatic rings. The van der Waals surface area contributed by atoms with E-state index in [4.69, 9.17) is 4.74 Å². The predicted octanol–water partition coefficient (Wildman–Crippen LogP) is 5.79. The Morgan fingerprint density at radius 2 is 1.69 bits per heavy atom. The fraction of sp³-hybridized carbons (Fsp3) is 0.107. The lowest BCUT2D eigenvalue weighted by atomic mass is 9.96. The zero-order chi connectivity index (χ0) is 25.3. The second-order valence-corrected chi connectivity index (χ2v) is 10.4. The summed E-state index contributed by atoms with van der Waals surface area (Å²) in [5.74, 6) is -0.420. The first kappa shape index (κ1) is 23.6. The Morgan fingerprint density at radius 1 is 0.889 bits per heavy atom. The number of hydrogen-bond acceptors (Lipinski definition) is 6. The van der Waals surface area contributed by atoms with Gasteiger partial charge in [-0.15, -0.1) is 0 Å². The van der Waals surface area contributed by atoms with Gasteiger partial charge in [0.25, 0.3) is 0 Å². The third kappa shape index (κ3) is 4.55. The molecule has 0 radical (unpaired) electrons. The molecule has 2 aromatic heterocycles. The number of methoxy groups -OCH3 is 1. The van der Waals surface area contributed by atoms with Gasteiger partial charge in [-0.1, -0.05) is 30.3 Å². The number of hydrogen-bond donors (Lipinski definition) is 0. The van der Waals surface area contributed by atoms with Crippen LogP contribution in [0.4, 0.5) is 4.39 Å². The van der Waals surface area contributed by atoms with E-state index in [0.717, 1.165) is 38.7 Å². The molecule has 0 aliphatic rings. The number of ether oxygens (including phenoxy) is 1. The quantitative estimate of drug-likeness (QED) is 0.294. The van der Waals surface area contributed by atoms with Crippen LogP contribution in [0.2, 0.25) is 0 Å². The van der Waals surface area contributed by atoms with Crippen LogP contribution < -0.4 is 4.74 Å². The van der Waals surface area contributed by atoms with Crippen LogP contribution in [0.5, 0.6) is 5.75 Å². The summed E-state index contributed by atoms with van der Waals surface area (Å²) in [5, 5.41) is 1.62. The van der Waals surface area contributed by atoms with Crippen molar-refractivity contribution in [3.8, 4) is 28.1 Å². The lowest BCUT2D eigenvalue weighted by Gasteiger charge is -2.13. The van der Waals surface area contributed by atoms with Gasteiger partial charge in [0.15, 0.2) is 21.4 Å². The monoisotopic (exact) mass is 499 g/mol. The van der Waals surface area contributed by atoms with Gasteiger partial charge in [0.1, 0.15) is 6.33 Å². The number of nitrogens with zero attached hydrogens (tertiary/aromatic N) is 3. The number of rotatable bonds is 6. The number of fused-ring (bicyclic) bond motifs is 1. The standard InChI is InChI=1S/C28H22FN3O3S/c1-18-13-19(20-4-8-26(29)27(15-20)35-2)3-6-24(18)28-25-7-5-23(14-21(25)9-12-31-28)36(33,34)16-22-10-11-30-17-32-22/h3-15,17H,16H2,1-2H3. The lowest BCUT2D eigenvalue weighted by Crippen LogP contribution is -2.06. The van der Waals surface area contributed by atoms with Crippen molar-refractivity contribution in [3.05, 3.63) is 103 Å². The molecule has 0 bridgehead atoms. The number of aromatic nitrogens is 3. The van der Waals surface area contributed by atoms with E-state index < -0.39 is 15.7 Å². The predicted molar refractivity (Wildman–Crippen MR) is 137 cm³/mol. The highest BCUT2D eigenvalue weighted by molar-refractivity contribution is 7.90. The Morgan fingerprint density at radius 3 is 2.44 bits per heavy atom. The summed E-state index contributed by atoms with van der Waals surface area (Å²) in [7, 11) is -2.14. The van der Waals surface area contributed by atoms with Crippen LogP contribution in [-0.4, -0.2) is 30.5 Å². The Bertz CT molecular complexity index is 1690. The molecule has 6 nitrogen and oxygen atoms in total. The van der Waals surface area contributed by atoms with Crippen molar-refractivity contribution in [2.45, 2.75) is 17.6 Å². The van der Waals surface area contributed by atoms with Crippen molar-refractivity contribution in [2.75, 3.05) is 7.11 Å². The maximum atomic E-state index is 13.8. The maximum absolute atomic E-state index is 13.8. The van der Waals surface area contributed by atoms with E-state index in [1.807, 2.05) is 25.1 Å². The number of sulfone groups is 1. The van der Waals surface area contributed by atoms with Crippen molar-refractivity contribution >= 4 is 20.6 Å². The van der Waals surface area contributed by atoms with Gasteiger partial charge in [0.05, 0.1) is 29.1 Å². The summed E-state index contributed by atoms with van der Waals surface area (Å²) in [6.07, 6.45) is 4.54. The van der Waals surface area contributed by atoms with Crippen LogP contribution in [0, 0.1) is 12.7 Å². The van der Waals surface area contributed by atoms with Crippen molar-refractivity contribution in [1.82, 2.24) is 15.0 Å². The third-order valence-electron chi connectivity index (χ3n) is 6.04. The highest BCUT2D eigenvalue weighted by atomic mass is 32.2. The van der Waals surface area contributed by atoms with Crippen LogP contribution >= 0.6 is 0 Å². The second kappa shape index (κ2) is 9.47. The molecule has 0 saturated heterocycles. The van der Waals surface area contributed by atoms with E-state index in [1.54, 1.807) is 48.7 Å². The van der Waals surface area contributed by atoms with Crippen LogP contribution in [0.1, 0.15) is 11.3 Å². The average molecular weight is 500 g/mol. The van der Waals surface area contributed by atoms with E-state index in [-0.39, 0.29) is 16.4 Å². The summed E-state index contributed by atoms with van der Waals surface area (Å²) in [4.78, 5) is 12.7. The van der Waals surface area contributed by atoms with Crippen molar-refractivity contribution < 1.29 is 17.5 Å². The maximum Gasteiger partial charge on any atom is 0.184 e. The highest BCUT2D eigenvalue weighted by Crippen LogP contribution is 2.34. The molecule has 2 heterocycles. The Balaban J connectivity index is 1.51. The SMILES string of the molecule is COc1cc(-c2ccc(-c3nccc4cc(S(=O)(=O)Cc5ccncn5)ccc34)c(C)c2)ccc1F. The molecule has 0 spiro atoms. The average Bonchev–Trinajstić information content (AvgIpc) is 2.88. The van der Waals surface area contributed by atoms with Gasteiger partial charge in [-0.05, 0) is 65.4 Å². The topological polar surface area (TPSA) is 82.0 Å². The molecule has 36 heavy (non-hydrogen) atoms. The van der Waals surface area contributed by atoms with E-state index in [1.165, 1.54) is 25.7 Å².